The number of carbonyl (C=O) groups excluding carboxylic acids is 2. The zero-order chi connectivity index (χ0) is 29.2. The summed E-state index contributed by atoms with van der Waals surface area (Å²) in [6, 6.07) is 14.2. The second-order valence-electron chi connectivity index (χ2n) is 9.00. The predicted molar refractivity (Wildman–Crippen MR) is 148 cm³/mol. The van der Waals surface area contributed by atoms with Gasteiger partial charge in [0.1, 0.15) is 31.0 Å². The maximum atomic E-state index is 13.4. The Morgan fingerprint density at radius 2 is 1.50 bits per heavy atom. The molecule has 0 bridgehead atoms. The van der Waals surface area contributed by atoms with Gasteiger partial charge in [0.2, 0.25) is 23.1 Å². The molecule has 12 nitrogen and oxygen atoms in total. The van der Waals surface area contributed by atoms with Crippen LogP contribution in [0.4, 0.5) is 0 Å². The van der Waals surface area contributed by atoms with Gasteiger partial charge in [-0.05, 0) is 36.1 Å². The fourth-order valence-corrected chi connectivity index (χ4v) is 4.33. The van der Waals surface area contributed by atoms with Crippen LogP contribution < -0.4 is 20.1 Å². The molecule has 3 unspecified atom stereocenters. The van der Waals surface area contributed by atoms with E-state index in [0.29, 0.717) is 12.3 Å². The number of rotatable bonds is 20. The molecule has 222 valence electrons. The van der Waals surface area contributed by atoms with Gasteiger partial charge in [-0.3, -0.25) is 24.3 Å². The van der Waals surface area contributed by atoms with Crippen LogP contribution in [0, 0.1) is 0 Å². The minimum atomic E-state index is -1.91. The Morgan fingerprint density at radius 1 is 0.875 bits per heavy atom. The van der Waals surface area contributed by atoms with Crippen molar-refractivity contribution in [2.75, 3.05) is 26.9 Å². The van der Waals surface area contributed by atoms with Gasteiger partial charge < -0.3 is 15.4 Å². The van der Waals surface area contributed by atoms with Crippen LogP contribution in [0.2, 0.25) is 0 Å². The molecule has 0 aliphatic heterocycles. The minimum absolute atomic E-state index is 0.181. The summed E-state index contributed by atoms with van der Waals surface area (Å²) >= 11 is -1.91. The minimum Gasteiger partial charge on any atom is -0.485 e. The third-order valence-electron chi connectivity index (χ3n) is 5.89. The summed E-state index contributed by atoms with van der Waals surface area (Å²) in [5.41, 5.74) is 1.58. The summed E-state index contributed by atoms with van der Waals surface area (Å²) in [6.07, 6.45) is 2.44. The lowest BCUT2D eigenvalue weighted by molar-refractivity contribution is -0.286. The normalized spacial score (nSPS) is 13.4. The van der Waals surface area contributed by atoms with Crippen LogP contribution >= 0.6 is 0 Å². The lowest BCUT2D eigenvalue weighted by atomic mass is 10.0. The van der Waals surface area contributed by atoms with E-state index in [1.165, 1.54) is 7.11 Å². The van der Waals surface area contributed by atoms with E-state index in [9.17, 15) is 13.8 Å². The highest BCUT2D eigenvalue weighted by atomic mass is 32.2. The van der Waals surface area contributed by atoms with Crippen molar-refractivity contribution in [2.45, 2.75) is 57.2 Å². The van der Waals surface area contributed by atoms with Crippen molar-refractivity contribution in [2.24, 2.45) is 0 Å². The van der Waals surface area contributed by atoms with Crippen molar-refractivity contribution in [1.29, 1.82) is 0 Å². The molecule has 0 radical (unpaired) electrons. The molecule has 0 aliphatic carbocycles. The van der Waals surface area contributed by atoms with Gasteiger partial charge in [0.05, 0.1) is 7.11 Å². The van der Waals surface area contributed by atoms with E-state index in [4.69, 9.17) is 19.4 Å². The Bertz CT molecular complexity index is 1020. The van der Waals surface area contributed by atoms with Gasteiger partial charge in [-0.15, -0.1) is 0 Å². The molecule has 2 amide bonds. The van der Waals surface area contributed by atoms with Crippen LogP contribution in [0.15, 0.2) is 54.6 Å². The molecule has 0 saturated heterocycles. The lowest BCUT2D eigenvalue weighted by Crippen LogP contribution is -2.54. The second-order valence-corrected chi connectivity index (χ2v) is 10.0. The number of unbranched alkanes of at least 4 members (excludes halogenated alkanes) is 2. The van der Waals surface area contributed by atoms with Crippen LogP contribution in [0.25, 0.3) is 0 Å². The van der Waals surface area contributed by atoms with Gasteiger partial charge in [-0.2, -0.15) is 0 Å². The quantitative estimate of drug-likeness (QED) is 0.0895. The zero-order valence-corrected chi connectivity index (χ0v) is 23.6. The molecule has 0 aromatic heterocycles. The number of hydrogen-bond acceptors (Lipinski definition) is 9. The maximum absolute atomic E-state index is 13.4. The van der Waals surface area contributed by atoms with Crippen molar-refractivity contribution < 1.29 is 43.0 Å². The summed E-state index contributed by atoms with van der Waals surface area (Å²) < 4.78 is 25.2. The first-order valence-corrected chi connectivity index (χ1v) is 14.1. The molecule has 3 atom stereocenters. The molecule has 5 N–H and O–H groups in total. The number of hydrogen-bond donors (Lipinski definition) is 5. The predicted octanol–water partition coefficient (Wildman–Crippen LogP) is 2.17. The number of amides is 2. The van der Waals surface area contributed by atoms with Crippen molar-refractivity contribution >= 4 is 23.1 Å². The Labute approximate surface area is 237 Å². The van der Waals surface area contributed by atoms with Gasteiger partial charge >= 0.3 is 0 Å². The smallest absolute Gasteiger partial charge is 0.242 e. The summed E-state index contributed by atoms with van der Waals surface area (Å²) in [4.78, 5) is 34.6. The largest absolute Gasteiger partial charge is 0.485 e. The third-order valence-corrected chi connectivity index (χ3v) is 6.67. The molecule has 0 heterocycles. The Balaban J connectivity index is 2.17. The summed E-state index contributed by atoms with van der Waals surface area (Å²) in [5, 5.41) is 23.0. The first-order valence-electron chi connectivity index (χ1n) is 13.0. The van der Waals surface area contributed by atoms with Crippen LogP contribution in [-0.2, 0) is 47.7 Å². The molecular weight excluding hydrogens is 542 g/mol. The highest BCUT2D eigenvalue weighted by Crippen LogP contribution is 2.16. The molecule has 2 aromatic carbocycles. The molecule has 40 heavy (non-hydrogen) atoms. The van der Waals surface area contributed by atoms with Gasteiger partial charge in [-0.1, -0.05) is 62.2 Å². The highest BCUT2D eigenvalue weighted by molar-refractivity contribution is 7.78. The zero-order valence-electron chi connectivity index (χ0n) is 22.7. The number of benzene rings is 2. The van der Waals surface area contributed by atoms with E-state index in [1.807, 2.05) is 30.3 Å². The molecular formula is C27H39N3O9S. The Morgan fingerprint density at radius 3 is 2.10 bits per heavy atom. The third kappa shape index (κ3) is 12.5. The molecule has 2 rings (SSSR count). The average Bonchev–Trinajstić information content (AvgIpc) is 2.96. The van der Waals surface area contributed by atoms with Crippen LogP contribution in [0.1, 0.15) is 37.3 Å². The molecule has 0 fully saturated rings. The summed E-state index contributed by atoms with van der Waals surface area (Å²) in [5.74, 6) is -0.420. The van der Waals surface area contributed by atoms with Gasteiger partial charge in [0.25, 0.3) is 0 Å². The SMILES string of the molecule is CCCCCNC(=O)C(Cc1ccc(OC(COO)COO)cc1)NC(=O)C(Cc1ccccc1)NS(=O)OC. The standard InChI is InChI=1S/C27H39N3O9S/c1-3-4-8-15-28-26(31)24(16-21-11-13-22(14-12-21)39-23(18-37-33)19-38-34)29-27(32)25(30-40(35)36-2)17-20-9-6-5-7-10-20/h5-7,9-14,23-25,30,33-34H,3-4,8,15-19H2,1-2H3,(H,28,31)(H,29,32). The molecule has 0 saturated carbocycles. The molecule has 0 spiro atoms. The summed E-state index contributed by atoms with van der Waals surface area (Å²) in [6.45, 7) is 2.10. The van der Waals surface area contributed by atoms with E-state index in [-0.39, 0.29) is 32.0 Å². The van der Waals surface area contributed by atoms with E-state index in [1.54, 1.807) is 24.3 Å². The first-order chi connectivity index (χ1) is 19.4. The van der Waals surface area contributed by atoms with Crippen molar-refractivity contribution in [1.82, 2.24) is 15.4 Å². The van der Waals surface area contributed by atoms with Crippen LogP contribution in [0.5, 0.6) is 5.75 Å². The van der Waals surface area contributed by atoms with E-state index in [0.717, 1.165) is 30.4 Å². The molecule has 0 aliphatic rings. The van der Waals surface area contributed by atoms with Gasteiger partial charge in [0.15, 0.2) is 6.10 Å². The van der Waals surface area contributed by atoms with Crippen molar-refractivity contribution in [3.63, 3.8) is 0 Å². The summed E-state index contributed by atoms with van der Waals surface area (Å²) in [7, 11) is 1.26. The second kappa shape index (κ2) is 19.2. The number of carbonyl (C=O) groups is 2. The maximum Gasteiger partial charge on any atom is 0.242 e. The van der Waals surface area contributed by atoms with Gasteiger partial charge in [-0.25, -0.2) is 18.7 Å². The topological polar surface area (TPSA) is 165 Å². The fraction of sp³-hybridized carbons (Fsp3) is 0.481. The van der Waals surface area contributed by atoms with E-state index >= 15 is 0 Å². The molecule has 2 aromatic rings. The van der Waals surface area contributed by atoms with E-state index in [2.05, 4.69) is 32.1 Å². The van der Waals surface area contributed by atoms with Crippen LogP contribution in [0.3, 0.4) is 0 Å². The van der Waals surface area contributed by atoms with Crippen molar-refractivity contribution in [3.05, 3.63) is 65.7 Å². The van der Waals surface area contributed by atoms with Gasteiger partial charge in [0, 0.05) is 13.0 Å². The van der Waals surface area contributed by atoms with Crippen molar-refractivity contribution in [3.8, 4) is 5.75 Å². The fourth-order valence-electron chi connectivity index (χ4n) is 3.81. The first kappa shape index (κ1) is 33.3. The lowest BCUT2D eigenvalue weighted by Gasteiger charge is -2.23. The Kier molecular flexibility index (Phi) is 16.0. The Hall–Kier alpha value is -2.91. The number of nitrogens with one attached hydrogen (secondary N) is 3. The number of ether oxygens (including phenoxy) is 1. The van der Waals surface area contributed by atoms with Crippen LogP contribution in [-0.4, -0.2) is 71.6 Å². The average molecular weight is 582 g/mol. The molecule has 13 heteroatoms. The highest BCUT2D eigenvalue weighted by Gasteiger charge is 2.27. The monoisotopic (exact) mass is 581 g/mol. The van der Waals surface area contributed by atoms with E-state index < -0.39 is 35.4 Å².